The van der Waals surface area contributed by atoms with E-state index in [4.69, 9.17) is 4.74 Å². The molecule has 104 valence electrons. The fourth-order valence-corrected chi connectivity index (χ4v) is 4.02. The van der Waals surface area contributed by atoms with Crippen molar-refractivity contribution in [3.8, 4) is 0 Å². The zero-order chi connectivity index (χ0) is 13.7. The van der Waals surface area contributed by atoms with E-state index in [2.05, 4.69) is 28.1 Å². The van der Waals surface area contributed by atoms with Crippen LogP contribution in [0.5, 0.6) is 0 Å². The van der Waals surface area contributed by atoms with E-state index in [0.717, 1.165) is 43.6 Å². The minimum atomic E-state index is -0.582. The van der Waals surface area contributed by atoms with Gasteiger partial charge < -0.3 is 9.72 Å². The first-order valence-electron chi connectivity index (χ1n) is 7.21. The molecular weight excluding hydrogens is 252 g/mol. The molecule has 0 radical (unpaired) electrons. The van der Waals surface area contributed by atoms with Gasteiger partial charge in [0, 0.05) is 17.4 Å². The number of para-hydroxylation sites is 1. The van der Waals surface area contributed by atoms with Gasteiger partial charge >= 0.3 is 5.97 Å². The molecule has 1 fully saturated rings. The number of hydrogen-bond donors (Lipinski definition) is 1. The minimum absolute atomic E-state index is 0.123. The quantitative estimate of drug-likeness (QED) is 0.808. The number of carbonyl (C=O) groups is 1. The number of nitrogens with one attached hydrogen (secondary N) is 1. The molecule has 4 rings (SSSR count). The van der Waals surface area contributed by atoms with Crippen LogP contribution in [0.4, 0.5) is 0 Å². The highest BCUT2D eigenvalue weighted by atomic mass is 16.5. The van der Waals surface area contributed by atoms with Crippen LogP contribution >= 0.6 is 0 Å². The van der Waals surface area contributed by atoms with Crippen molar-refractivity contribution in [3.63, 3.8) is 0 Å². The van der Waals surface area contributed by atoms with Gasteiger partial charge in [0.1, 0.15) is 0 Å². The molecule has 4 heteroatoms. The van der Waals surface area contributed by atoms with Crippen molar-refractivity contribution in [2.24, 2.45) is 0 Å². The highest BCUT2D eigenvalue weighted by Crippen LogP contribution is 2.45. The molecule has 0 saturated carbocycles. The summed E-state index contributed by atoms with van der Waals surface area (Å²) < 4.78 is 5.15. The van der Waals surface area contributed by atoms with Gasteiger partial charge in [-0.25, -0.2) is 4.79 Å². The third-order valence-corrected chi connectivity index (χ3v) is 4.89. The summed E-state index contributed by atoms with van der Waals surface area (Å²) in [5.74, 6) is -0.123. The van der Waals surface area contributed by atoms with Crippen LogP contribution in [-0.4, -0.2) is 36.1 Å². The number of methoxy groups -OCH3 is 1. The monoisotopic (exact) mass is 270 g/mol. The van der Waals surface area contributed by atoms with E-state index >= 15 is 0 Å². The molecule has 1 aromatic heterocycles. The molecular formula is C16H18N2O2. The number of nitrogens with zero attached hydrogens (tertiary/aromatic N) is 1. The average molecular weight is 270 g/mol. The fraction of sp³-hybridized carbons (Fsp3) is 0.438. The van der Waals surface area contributed by atoms with Crippen LogP contribution in [-0.2, 0) is 21.5 Å². The molecule has 2 aliphatic heterocycles. The second-order valence-corrected chi connectivity index (χ2v) is 5.72. The summed E-state index contributed by atoms with van der Waals surface area (Å²) in [4.78, 5) is 18.3. The maximum Gasteiger partial charge on any atom is 0.332 e. The zero-order valence-electron chi connectivity index (χ0n) is 11.6. The number of H-pyrrole nitrogens is 1. The minimum Gasteiger partial charge on any atom is -0.467 e. The third-order valence-electron chi connectivity index (χ3n) is 4.89. The molecule has 3 heterocycles. The predicted octanol–water partition coefficient (Wildman–Crippen LogP) is 2.19. The predicted molar refractivity (Wildman–Crippen MR) is 76.5 cm³/mol. The van der Waals surface area contributed by atoms with E-state index in [1.54, 1.807) is 0 Å². The Morgan fingerprint density at radius 3 is 3.05 bits per heavy atom. The SMILES string of the molecule is COC(=O)C12CCCN1CCc1c2[nH]c2ccccc12. The molecule has 0 amide bonds. The molecule has 0 bridgehead atoms. The Bertz CT molecular complexity index is 691. The lowest BCUT2D eigenvalue weighted by atomic mass is 9.84. The largest absolute Gasteiger partial charge is 0.467 e. The Kier molecular flexibility index (Phi) is 2.45. The normalized spacial score (nSPS) is 25.4. The first-order chi connectivity index (χ1) is 9.77. The lowest BCUT2D eigenvalue weighted by Crippen LogP contribution is -2.52. The second kappa shape index (κ2) is 4.09. The van der Waals surface area contributed by atoms with E-state index in [9.17, 15) is 4.79 Å². The van der Waals surface area contributed by atoms with Gasteiger partial charge in [-0.05, 0) is 37.4 Å². The van der Waals surface area contributed by atoms with Gasteiger partial charge in [-0.3, -0.25) is 4.90 Å². The molecule has 1 atom stereocenters. The molecule has 20 heavy (non-hydrogen) atoms. The molecule has 0 aliphatic carbocycles. The number of fused-ring (bicyclic) bond motifs is 5. The van der Waals surface area contributed by atoms with E-state index in [-0.39, 0.29) is 5.97 Å². The molecule has 1 saturated heterocycles. The number of aromatic amines is 1. The van der Waals surface area contributed by atoms with Crippen LogP contribution in [0, 0.1) is 0 Å². The first-order valence-corrected chi connectivity index (χ1v) is 7.21. The van der Waals surface area contributed by atoms with Crippen LogP contribution in [0.1, 0.15) is 24.1 Å². The summed E-state index contributed by atoms with van der Waals surface area (Å²) in [6, 6.07) is 8.31. The van der Waals surface area contributed by atoms with Gasteiger partial charge in [-0.2, -0.15) is 0 Å². The van der Waals surface area contributed by atoms with Crippen molar-refractivity contribution in [3.05, 3.63) is 35.5 Å². The standard InChI is InChI=1S/C16H18N2O2/c1-20-15(19)16-8-4-9-18(16)10-7-12-11-5-2-3-6-13(11)17-14(12)16/h2-3,5-6,17H,4,7-10H2,1H3. The van der Waals surface area contributed by atoms with Crippen molar-refractivity contribution in [1.82, 2.24) is 9.88 Å². The summed E-state index contributed by atoms with van der Waals surface area (Å²) in [6.07, 6.45) is 2.89. The van der Waals surface area contributed by atoms with Gasteiger partial charge in [-0.15, -0.1) is 0 Å². The average Bonchev–Trinajstić information content (AvgIpc) is 3.07. The number of hydrogen-bond acceptors (Lipinski definition) is 3. The number of rotatable bonds is 1. The van der Waals surface area contributed by atoms with E-state index in [0.29, 0.717) is 0 Å². The molecule has 1 N–H and O–H groups in total. The summed E-state index contributed by atoms with van der Waals surface area (Å²) in [5, 5.41) is 1.25. The number of aromatic nitrogens is 1. The van der Waals surface area contributed by atoms with E-state index in [1.165, 1.54) is 18.1 Å². The molecule has 1 unspecified atom stereocenters. The molecule has 4 nitrogen and oxygen atoms in total. The Hall–Kier alpha value is -1.81. The van der Waals surface area contributed by atoms with Gasteiger partial charge in [0.2, 0.25) is 0 Å². The Morgan fingerprint density at radius 1 is 1.35 bits per heavy atom. The first kappa shape index (κ1) is 12.0. The van der Waals surface area contributed by atoms with Gasteiger partial charge in [-0.1, -0.05) is 18.2 Å². The Labute approximate surface area is 117 Å². The molecule has 2 aromatic rings. The van der Waals surface area contributed by atoms with Gasteiger partial charge in [0.15, 0.2) is 5.54 Å². The summed E-state index contributed by atoms with van der Waals surface area (Å²) >= 11 is 0. The van der Waals surface area contributed by atoms with Crippen LogP contribution in [0.3, 0.4) is 0 Å². The third kappa shape index (κ3) is 1.32. The van der Waals surface area contributed by atoms with Gasteiger partial charge in [0.25, 0.3) is 0 Å². The maximum atomic E-state index is 12.5. The molecule has 1 aromatic carbocycles. The Morgan fingerprint density at radius 2 is 2.20 bits per heavy atom. The lowest BCUT2D eigenvalue weighted by Gasteiger charge is -2.39. The van der Waals surface area contributed by atoms with Crippen LogP contribution in [0.2, 0.25) is 0 Å². The van der Waals surface area contributed by atoms with Gasteiger partial charge in [0.05, 0.1) is 12.8 Å². The molecule has 0 spiro atoms. The topological polar surface area (TPSA) is 45.3 Å². The number of ether oxygens (including phenoxy) is 1. The highest BCUT2D eigenvalue weighted by molar-refractivity contribution is 5.91. The Balaban J connectivity index is 2.00. The van der Waals surface area contributed by atoms with Crippen molar-refractivity contribution in [2.75, 3.05) is 20.2 Å². The summed E-state index contributed by atoms with van der Waals surface area (Å²) in [7, 11) is 1.49. The van der Waals surface area contributed by atoms with Crippen molar-refractivity contribution >= 4 is 16.9 Å². The number of benzene rings is 1. The smallest absolute Gasteiger partial charge is 0.332 e. The summed E-state index contributed by atoms with van der Waals surface area (Å²) in [6.45, 7) is 1.91. The van der Waals surface area contributed by atoms with Crippen molar-refractivity contribution < 1.29 is 9.53 Å². The van der Waals surface area contributed by atoms with E-state index in [1.807, 2.05) is 6.07 Å². The lowest BCUT2D eigenvalue weighted by molar-refractivity contribution is -0.155. The number of carbonyl (C=O) groups excluding carboxylic acids is 1. The maximum absolute atomic E-state index is 12.5. The summed E-state index contributed by atoms with van der Waals surface area (Å²) in [5.41, 5.74) is 2.90. The zero-order valence-corrected chi connectivity index (χ0v) is 11.6. The van der Waals surface area contributed by atoms with Crippen LogP contribution in [0.15, 0.2) is 24.3 Å². The van der Waals surface area contributed by atoms with Crippen LogP contribution < -0.4 is 0 Å². The second-order valence-electron chi connectivity index (χ2n) is 5.72. The fourth-order valence-electron chi connectivity index (χ4n) is 4.02. The molecule has 2 aliphatic rings. The van der Waals surface area contributed by atoms with Crippen molar-refractivity contribution in [1.29, 1.82) is 0 Å². The van der Waals surface area contributed by atoms with Crippen LogP contribution in [0.25, 0.3) is 10.9 Å². The van der Waals surface area contributed by atoms with E-state index < -0.39 is 5.54 Å². The van der Waals surface area contributed by atoms with Crippen molar-refractivity contribution in [2.45, 2.75) is 24.8 Å². The number of esters is 1. The highest BCUT2D eigenvalue weighted by Gasteiger charge is 2.54.